The van der Waals surface area contributed by atoms with E-state index in [-0.39, 0.29) is 12.7 Å². The summed E-state index contributed by atoms with van der Waals surface area (Å²) in [5.41, 5.74) is 1.56. The van der Waals surface area contributed by atoms with Crippen LogP contribution in [0.5, 0.6) is 0 Å². The van der Waals surface area contributed by atoms with Crippen LogP contribution in [-0.2, 0) is 11.2 Å². The van der Waals surface area contributed by atoms with Crippen molar-refractivity contribution in [1.82, 2.24) is 9.88 Å². The van der Waals surface area contributed by atoms with Crippen molar-refractivity contribution >= 4 is 11.9 Å². The minimum Gasteiger partial charge on any atom is -0.444 e. The van der Waals surface area contributed by atoms with E-state index in [1.54, 1.807) is 4.90 Å². The largest absolute Gasteiger partial charge is 0.444 e. The van der Waals surface area contributed by atoms with Gasteiger partial charge in [0.05, 0.1) is 0 Å². The lowest BCUT2D eigenvalue weighted by Crippen LogP contribution is -2.50. The van der Waals surface area contributed by atoms with Crippen molar-refractivity contribution < 1.29 is 14.6 Å². The average Bonchev–Trinajstić information content (AvgIpc) is 2.48. The molecule has 0 bridgehead atoms. The lowest BCUT2D eigenvalue weighted by molar-refractivity contribution is 0.0240. The number of aromatic nitrogens is 1. The normalized spacial score (nSPS) is 15.7. The van der Waals surface area contributed by atoms with Gasteiger partial charge in [0.15, 0.2) is 0 Å². The molecule has 0 aliphatic carbocycles. The quantitative estimate of drug-likeness (QED) is 0.922. The molecule has 0 atom stereocenters. The predicted octanol–water partition coefficient (Wildman–Crippen LogP) is 1.98. The van der Waals surface area contributed by atoms with Gasteiger partial charge in [-0.1, -0.05) is 6.07 Å². The zero-order valence-electron chi connectivity index (χ0n) is 14.5. The second-order valence-electron chi connectivity index (χ2n) is 6.84. The van der Waals surface area contributed by atoms with E-state index in [4.69, 9.17) is 9.84 Å². The molecule has 0 spiro atoms. The van der Waals surface area contributed by atoms with Gasteiger partial charge in [-0.2, -0.15) is 0 Å². The molecule has 1 aliphatic rings. The van der Waals surface area contributed by atoms with Crippen LogP contribution >= 0.6 is 0 Å². The third-order valence-corrected chi connectivity index (χ3v) is 3.82. The van der Waals surface area contributed by atoms with E-state index in [9.17, 15) is 4.79 Å². The second-order valence-corrected chi connectivity index (χ2v) is 6.84. The fraction of sp³-hybridized carbons (Fsp3) is 0.647. The highest BCUT2D eigenvalue weighted by Crippen LogP contribution is 2.18. The Morgan fingerprint density at radius 1 is 1.26 bits per heavy atom. The topological polar surface area (TPSA) is 65.9 Å². The van der Waals surface area contributed by atoms with Crippen LogP contribution < -0.4 is 4.90 Å². The Bertz CT molecular complexity index is 547. The maximum atomic E-state index is 12.1. The van der Waals surface area contributed by atoms with E-state index in [0.717, 1.165) is 30.2 Å². The molecule has 2 rings (SSSR count). The third kappa shape index (κ3) is 4.82. The molecule has 1 amide bonds. The van der Waals surface area contributed by atoms with E-state index in [1.165, 1.54) is 0 Å². The molecule has 1 saturated heterocycles. The van der Waals surface area contributed by atoms with Crippen LogP contribution in [0.25, 0.3) is 0 Å². The molecule has 2 heterocycles. The number of aliphatic hydroxyl groups excluding tert-OH is 1. The van der Waals surface area contributed by atoms with E-state index in [1.807, 2.05) is 39.8 Å². The molecule has 1 fully saturated rings. The number of ether oxygens (including phenoxy) is 1. The number of aliphatic hydroxyl groups is 1. The van der Waals surface area contributed by atoms with Gasteiger partial charge in [-0.15, -0.1) is 0 Å². The summed E-state index contributed by atoms with van der Waals surface area (Å²) in [6.07, 6.45) is 0.380. The van der Waals surface area contributed by atoms with Crippen molar-refractivity contribution in [2.75, 3.05) is 37.7 Å². The van der Waals surface area contributed by atoms with Crippen LogP contribution in [0.2, 0.25) is 0 Å². The zero-order valence-corrected chi connectivity index (χ0v) is 14.5. The average molecular weight is 321 g/mol. The summed E-state index contributed by atoms with van der Waals surface area (Å²) < 4.78 is 5.41. The molecule has 0 unspecified atom stereocenters. The standard InChI is InChI=1S/C17H27N3O3/c1-13-14(7-12-21)5-6-15(18-13)19-8-10-20(11-9-19)16(22)23-17(2,3)4/h5-6,21H,7-12H2,1-4H3. The van der Waals surface area contributed by atoms with Crippen LogP contribution in [0.3, 0.4) is 0 Å². The number of rotatable bonds is 3. The third-order valence-electron chi connectivity index (χ3n) is 3.82. The lowest BCUT2D eigenvalue weighted by Gasteiger charge is -2.36. The Balaban J connectivity index is 1.94. The molecule has 1 aromatic heterocycles. The number of aryl methyl sites for hydroxylation is 1. The van der Waals surface area contributed by atoms with Gasteiger partial charge in [0.25, 0.3) is 0 Å². The second kappa shape index (κ2) is 7.17. The Hall–Kier alpha value is -1.82. The van der Waals surface area contributed by atoms with Crippen molar-refractivity contribution in [2.45, 2.75) is 39.7 Å². The molecule has 23 heavy (non-hydrogen) atoms. The van der Waals surface area contributed by atoms with Gasteiger partial charge in [0, 0.05) is 38.5 Å². The molecular formula is C17H27N3O3. The maximum absolute atomic E-state index is 12.1. The number of carbonyl (C=O) groups is 1. The van der Waals surface area contributed by atoms with Gasteiger partial charge >= 0.3 is 6.09 Å². The number of hydrogen-bond donors (Lipinski definition) is 1. The van der Waals surface area contributed by atoms with Gasteiger partial charge in [-0.25, -0.2) is 9.78 Å². The van der Waals surface area contributed by atoms with Gasteiger partial charge in [0.1, 0.15) is 11.4 Å². The summed E-state index contributed by atoms with van der Waals surface area (Å²) in [7, 11) is 0. The Labute approximate surface area is 138 Å². The fourth-order valence-corrected chi connectivity index (χ4v) is 2.58. The van der Waals surface area contributed by atoms with Gasteiger partial charge < -0.3 is 19.6 Å². The van der Waals surface area contributed by atoms with Gasteiger partial charge in [-0.3, -0.25) is 0 Å². The molecule has 0 aromatic carbocycles. The van der Waals surface area contributed by atoms with Crippen LogP contribution in [0.4, 0.5) is 10.6 Å². The summed E-state index contributed by atoms with van der Waals surface area (Å²) in [5, 5.41) is 9.04. The number of pyridine rings is 1. The van der Waals surface area contributed by atoms with E-state index in [0.29, 0.717) is 19.5 Å². The van der Waals surface area contributed by atoms with Crippen LogP contribution in [0.15, 0.2) is 12.1 Å². The monoisotopic (exact) mass is 321 g/mol. The van der Waals surface area contributed by atoms with Crippen molar-refractivity contribution in [2.24, 2.45) is 0 Å². The minimum absolute atomic E-state index is 0.135. The first-order valence-electron chi connectivity index (χ1n) is 8.10. The van der Waals surface area contributed by atoms with Crippen LogP contribution in [0.1, 0.15) is 32.0 Å². The first kappa shape index (κ1) is 17.5. The first-order valence-corrected chi connectivity index (χ1v) is 8.10. The number of hydrogen-bond acceptors (Lipinski definition) is 5. The molecule has 128 valence electrons. The predicted molar refractivity (Wildman–Crippen MR) is 89.8 cm³/mol. The number of piperazine rings is 1. The first-order chi connectivity index (χ1) is 10.8. The number of carbonyl (C=O) groups excluding carboxylic acids is 1. The Morgan fingerprint density at radius 3 is 2.43 bits per heavy atom. The summed E-state index contributed by atoms with van der Waals surface area (Å²) in [5.74, 6) is 0.924. The summed E-state index contributed by atoms with van der Waals surface area (Å²) in [6.45, 7) is 10.5. The molecule has 0 saturated carbocycles. The van der Waals surface area contributed by atoms with Crippen molar-refractivity contribution in [1.29, 1.82) is 0 Å². The van der Waals surface area contributed by atoms with E-state index < -0.39 is 5.60 Å². The van der Waals surface area contributed by atoms with Crippen molar-refractivity contribution in [3.8, 4) is 0 Å². The highest BCUT2D eigenvalue weighted by atomic mass is 16.6. The molecule has 6 nitrogen and oxygen atoms in total. The summed E-state index contributed by atoms with van der Waals surface area (Å²) in [6, 6.07) is 4.01. The van der Waals surface area contributed by atoms with Crippen LogP contribution in [0, 0.1) is 6.92 Å². The van der Waals surface area contributed by atoms with Crippen molar-refractivity contribution in [3.63, 3.8) is 0 Å². The zero-order chi connectivity index (χ0) is 17.0. The fourth-order valence-electron chi connectivity index (χ4n) is 2.58. The molecule has 1 aromatic rings. The molecule has 1 N–H and O–H groups in total. The van der Waals surface area contributed by atoms with E-state index >= 15 is 0 Å². The number of amides is 1. The summed E-state index contributed by atoms with van der Waals surface area (Å²) >= 11 is 0. The highest BCUT2D eigenvalue weighted by Gasteiger charge is 2.26. The maximum Gasteiger partial charge on any atom is 0.410 e. The smallest absolute Gasteiger partial charge is 0.410 e. The molecule has 6 heteroatoms. The van der Waals surface area contributed by atoms with Gasteiger partial charge in [0.2, 0.25) is 0 Å². The molecular weight excluding hydrogens is 294 g/mol. The number of anilines is 1. The molecule has 0 radical (unpaired) electrons. The highest BCUT2D eigenvalue weighted by molar-refractivity contribution is 5.68. The molecule has 1 aliphatic heterocycles. The Morgan fingerprint density at radius 2 is 1.91 bits per heavy atom. The van der Waals surface area contributed by atoms with Crippen molar-refractivity contribution in [3.05, 3.63) is 23.4 Å². The minimum atomic E-state index is -0.463. The lowest BCUT2D eigenvalue weighted by atomic mass is 10.1. The van der Waals surface area contributed by atoms with Gasteiger partial charge in [-0.05, 0) is 45.7 Å². The van der Waals surface area contributed by atoms with E-state index in [2.05, 4.69) is 9.88 Å². The Kier molecular flexibility index (Phi) is 5.46. The summed E-state index contributed by atoms with van der Waals surface area (Å²) in [4.78, 5) is 20.6. The van der Waals surface area contributed by atoms with Crippen LogP contribution in [-0.4, -0.2) is 59.5 Å². The SMILES string of the molecule is Cc1nc(N2CCN(C(=O)OC(C)(C)C)CC2)ccc1CCO. The number of nitrogens with zero attached hydrogens (tertiary/aromatic N) is 3.